The molecule has 6 nitrogen and oxygen atoms in total. The minimum absolute atomic E-state index is 0.0780. The van der Waals surface area contributed by atoms with Gasteiger partial charge in [0.2, 0.25) is 0 Å². The lowest BCUT2D eigenvalue weighted by Crippen LogP contribution is -2.36. The molecule has 2 aromatic rings. The molecule has 1 aromatic carbocycles. The van der Waals surface area contributed by atoms with Crippen molar-refractivity contribution in [1.29, 1.82) is 0 Å². The van der Waals surface area contributed by atoms with Crippen LogP contribution in [0, 0.1) is 5.82 Å². The molecule has 0 saturated carbocycles. The van der Waals surface area contributed by atoms with Gasteiger partial charge in [-0.05, 0) is 12.1 Å². The molecule has 1 heterocycles. The molecule has 2 rings (SSSR count). The Bertz CT molecular complexity index is 872. The SMILES string of the molecule is COC(OC)c1cc(-n2c(=O)cc(C(F)(F)F)[nH]c2=O)c(F)cc1Cl. The van der Waals surface area contributed by atoms with Crippen LogP contribution in [0.25, 0.3) is 5.69 Å². The van der Waals surface area contributed by atoms with Crippen LogP contribution < -0.4 is 11.2 Å². The summed E-state index contributed by atoms with van der Waals surface area (Å²) < 4.78 is 62.2. The number of aromatic nitrogens is 2. The number of benzene rings is 1. The van der Waals surface area contributed by atoms with E-state index in [1.165, 1.54) is 19.2 Å². The van der Waals surface area contributed by atoms with Crippen LogP contribution in [0.5, 0.6) is 0 Å². The Balaban J connectivity index is 2.73. The summed E-state index contributed by atoms with van der Waals surface area (Å²) in [5.41, 5.74) is -4.89. The van der Waals surface area contributed by atoms with E-state index >= 15 is 0 Å². The van der Waals surface area contributed by atoms with Gasteiger partial charge in [0.25, 0.3) is 5.56 Å². The first-order valence-corrected chi connectivity index (χ1v) is 6.96. The van der Waals surface area contributed by atoms with E-state index in [0.29, 0.717) is 0 Å². The Labute approximate surface area is 142 Å². The second-order valence-corrected chi connectivity index (χ2v) is 5.20. The van der Waals surface area contributed by atoms with Crippen LogP contribution in [0.1, 0.15) is 17.5 Å². The first kappa shape index (κ1) is 19.2. The van der Waals surface area contributed by atoms with Gasteiger partial charge in [0.15, 0.2) is 6.29 Å². The van der Waals surface area contributed by atoms with Crippen LogP contribution in [0.15, 0.2) is 27.8 Å². The smallest absolute Gasteiger partial charge is 0.352 e. The van der Waals surface area contributed by atoms with E-state index < -0.39 is 40.9 Å². The zero-order valence-electron chi connectivity index (χ0n) is 12.8. The summed E-state index contributed by atoms with van der Waals surface area (Å²) in [6.45, 7) is 0. The van der Waals surface area contributed by atoms with Gasteiger partial charge in [0.1, 0.15) is 11.5 Å². The van der Waals surface area contributed by atoms with Crippen LogP contribution in [0.2, 0.25) is 5.02 Å². The first-order chi connectivity index (χ1) is 11.6. The number of aromatic amines is 1. The molecule has 1 N–H and O–H groups in total. The van der Waals surface area contributed by atoms with E-state index in [4.69, 9.17) is 21.1 Å². The average Bonchev–Trinajstić information content (AvgIpc) is 2.50. The third-order valence-electron chi connectivity index (χ3n) is 3.23. The number of hydrogen-bond donors (Lipinski definition) is 1. The maximum Gasteiger partial charge on any atom is 0.431 e. The summed E-state index contributed by atoms with van der Waals surface area (Å²) in [5.74, 6) is -1.09. The highest BCUT2D eigenvalue weighted by atomic mass is 35.5. The van der Waals surface area contributed by atoms with Crippen molar-refractivity contribution in [3.8, 4) is 5.69 Å². The van der Waals surface area contributed by atoms with E-state index in [1.807, 2.05) is 0 Å². The summed E-state index contributed by atoms with van der Waals surface area (Å²) in [5, 5.41) is -0.119. The Morgan fingerprint density at radius 1 is 1.16 bits per heavy atom. The Kier molecular flexibility index (Phi) is 5.35. The summed E-state index contributed by atoms with van der Waals surface area (Å²) in [6.07, 6.45) is -5.98. The number of H-pyrrole nitrogens is 1. The molecule has 0 aliphatic carbocycles. The van der Waals surface area contributed by atoms with Crippen LogP contribution in [-0.2, 0) is 15.7 Å². The maximum atomic E-state index is 14.2. The summed E-state index contributed by atoms with van der Waals surface area (Å²) in [6, 6.07) is 1.93. The van der Waals surface area contributed by atoms with Crippen LogP contribution in [0.4, 0.5) is 17.6 Å². The number of alkyl halides is 3. The number of methoxy groups -OCH3 is 2. The number of halogens is 5. The predicted octanol–water partition coefficient (Wildman–Crippen LogP) is 2.63. The van der Waals surface area contributed by atoms with Gasteiger partial charge in [-0.3, -0.25) is 4.79 Å². The highest BCUT2D eigenvalue weighted by Crippen LogP contribution is 2.30. The van der Waals surface area contributed by atoms with Crippen molar-refractivity contribution in [3.05, 3.63) is 61.1 Å². The molecule has 25 heavy (non-hydrogen) atoms. The number of rotatable bonds is 4. The van der Waals surface area contributed by atoms with Crippen molar-refractivity contribution in [2.45, 2.75) is 12.5 Å². The van der Waals surface area contributed by atoms with Gasteiger partial charge >= 0.3 is 11.9 Å². The van der Waals surface area contributed by atoms with Crippen LogP contribution >= 0.6 is 11.6 Å². The lowest BCUT2D eigenvalue weighted by atomic mass is 10.1. The van der Waals surface area contributed by atoms with Gasteiger partial charge in [0.05, 0.1) is 10.7 Å². The normalized spacial score (nSPS) is 12.0. The van der Waals surface area contributed by atoms with Gasteiger partial charge in [-0.25, -0.2) is 13.8 Å². The number of ether oxygens (including phenoxy) is 2. The fourth-order valence-electron chi connectivity index (χ4n) is 2.13. The predicted molar refractivity (Wildman–Crippen MR) is 79.4 cm³/mol. The van der Waals surface area contributed by atoms with E-state index in [0.717, 1.165) is 12.1 Å². The Morgan fingerprint density at radius 3 is 2.24 bits per heavy atom. The highest BCUT2D eigenvalue weighted by Gasteiger charge is 2.33. The third kappa shape index (κ3) is 3.75. The van der Waals surface area contributed by atoms with E-state index in [1.54, 1.807) is 0 Å². The fraction of sp³-hybridized carbons (Fsp3) is 0.286. The lowest BCUT2D eigenvalue weighted by Gasteiger charge is -2.17. The molecule has 0 unspecified atom stereocenters. The molecule has 0 saturated heterocycles. The third-order valence-corrected chi connectivity index (χ3v) is 3.55. The van der Waals surface area contributed by atoms with E-state index in [9.17, 15) is 27.2 Å². The van der Waals surface area contributed by atoms with Gasteiger partial charge in [-0.1, -0.05) is 11.6 Å². The minimum atomic E-state index is -4.93. The zero-order valence-corrected chi connectivity index (χ0v) is 13.5. The second kappa shape index (κ2) is 6.98. The quantitative estimate of drug-likeness (QED) is 0.651. The zero-order chi connectivity index (χ0) is 18.9. The number of nitrogens with one attached hydrogen (secondary N) is 1. The topological polar surface area (TPSA) is 73.3 Å². The van der Waals surface area contributed by atoms with Gasteiger partial charge < -0.3 is 14.5 Å². The monoisotopic (exact) mass is 382 g/mol. The lowest BCUT2D eigenvalue weighted by molar-refractivity contribution is -0.141. The summed E-state index contributed by atoms with van der Waals surface area (Å²) >= 11 is 5.88. The van der Waals surface area contributed by atoms with Gasteiger partial charge in [-0.15, -0.1) is 0 Å². The summed E-state index contributed by atoms with van der Waals surface area (Å²) in [7, 11) is 2.54. The van der Waals surface area contributed by atoms with Crippen molar-refractivity contribution in [3.63, 3.8) is 0 Å². The molecular formula is C14H11ClF4N2O4. The maximum absolute atomic E-state index is 14.2. The molecular weight excluding hydrogens is 372 g/mol. The molecule has 0 spiro atoms. The largest absolute Gasteiger partial charge is 0.431 e. The van der Waals surface area contributed by atoms with E-state index in [-0.39, 0.29) is 21.2 Å². The van der Waals surface area contributed by atoms with Crippen molar-refractivity contribution in [2.75, 3.05) is 14.2 Å². The van der Waals surface area contributed by atoms with Gasteiger partial charge in [-0.2, -0.15) is 13.2 Å². The molecule has 0 radical (unpaired) electrons. The van der Waals surface area contributed by atoms with E-state index in [2.05, 4.69) is 0 Å². The molecule has 0 aliphatic heterocycles. The molecule has 136 valence electrons. The number of hydrogen-bond acceptors (Lipinski definition) is 4. The van der Waals surface area contributed by atoms with Crippen LogP contribution in [0.3, 0.4) is 0 Å². The van der Waals surface area contributed by atoms with Crippen molar-refractivity contribution < 1.29 is 27.0 Å². The van der Waals surface area contributed by atoms with Crippen LogP contribution in [-0.4, -0.2) is 23.8 Å². The second-order valence-electron chi connectivity index (χ2n) is 4.79. The Morgan fingerprint density at radius 2 is 1.76 bits per heavy atom. The number of nitrogens with zero attached hydrogens (tertiary/aromatic N) is 1. The molecule has 1 aromatic heterocycles. The molecule has 0 fully saturated rings. The average molecular weight is 383 g/mol. The minimum Gasteiger partial charge on any atom is -0.352 e. The standard InChI is InChI=1S/C14H11ClF4N2O4/c1-24-12(25-2)6-3-9(8(16)4-7(6)15)21-11(22)5-10(14(17,18)19)20-13(21)23/h3-5,12H,1-2H3,(H,20,23). The fourth-order valence-corrected chi connectivity index (χ4v) is 2.37. The highest BCUT2D eigenvalue weighted by molar-refractivity contribution is 6.31. The Hall–Kier alpha value is -2.17. The van der Waals surface area contributed by atoms with Crippen molar-refractivity contribution in [2.24, 2.45) is 0 Å². The first-order valence-electron chi connectivity index (χ1n) is 6.58. The molecule has 0 bridgehead atoms. The van der Waals surface area contributed by atoms with Crippen molar-refractivity contribution >= 4 is 11.6 Å². The summed E-state index contributed by atoms with van der Waals surface area (Å²) in [4.78, 5) is 25.4. The molecule has 0 aliphatic rings. The molecule has 11 heteroatoms. The molecule has 0 amide bonds. The van der Waals surface area contributed by atoms with Gasteiger partial charge in [0, 0.05) is 25.8 Å². The van der Waals surface area contributed by atoms with Crippen molar-refractivity contribution in [1.82, 2.24) is 9.55 Å². The molecule has 0 atom stereocenters.